The third kappa shape index (κ3) is 24.5. The summed E-state index contributed by atoms with van der Waals surface area (Å²) < 4.78 is 41.2. The zero-order chi connectivity index (χ0) is 14.3. The molecule has 0 aromatic rings. The van der Waals surface area contributed by atoms with Gasteiger partial charge in [-0.25, -0.2) is 4.18 Å². The van der Waals surface area contributed by atoms with E-state index >= 15 is 0 Å². The summed E-state index contributed by atoms with van der Waals surface area (Å²) in [7, 11) is -4.35. The molecule has 0 aliphatic rings. The fourth-order valence-corrected chi connectivity index (χ4v) is 0.878. The van der Waals surface area contributed by atoms with E-state index in [1.165, 1.54) is 0 Å². The molecule has 7 nitrogen and oxygen atoms in total. The van der Waals surface area contributed by atoms with E-state index in [0.29, 0.717) is 13.2 Å². The maximum Gasteiger partial charge on any atom is 0.397 e. The Bertz CT molecular complexity index is 279. The van der Waals surface area contributed by atoms with E-state index in [-0.39, 0.29) is 26.4 Å². The molecule has 0 spiro atoms. The van der Waals surface area contributed by atoms with Crippen LogP contribution < -0.4 is 0 Å². The van der Waals surface area contributed by atoms with Gasteiger partial charge in [0.2, 0.25) is 0 Å². The smallest absolute Gasteiger partial charge is 0.394 e. The number of rotatable bonds is 10. The zero-order valence-electron chi connectivity index (χ0n) is 10.2. The van der Waals surface area contributed by atoms with Crippen molar-refractivity contribution in [3.63, 3.8) is 0 Å². The molecule has 8 heteroatoms. The maximum absolute atomic E-state index is 9.89. The Balaban J connectivity index is 0. The Morgan fingerprint density at radius 2 is 1.56 bits per heavy atom. The summed E-state index contributed by atoms with van der Waals surface area (Å²) in [5, 5.41) is 8.19. The van der Waals surface area contributed by atoms with Gasteiger partial charge in [0.05, 0.1) is 39.6 Å². The summed E-state index contributed by atoms with van der Waals surface area (Å²) in [6, 6.07) is 0. The predicted molar refractivity (Wildman–Crippen MR) is 66.6 cm³/mol. The van der Waals surface area contributed by atoms with Crippen LogP contribution in [0.15, 0.2) is 25.3 Å². The normalized spacial score (nSPS) is 10.3. The van der Waals surface area contributed by atoms with E-state index in [4.69, 9.17) is 14.4 Å². The second kappa shape index (κ2) is 14.3. The molecule has 0 radical (unpaired) electrons. The first-order chi connectivity index (χ1) is 8.47. The van der Waals surface area contributed by atoms with Crippen LogP contribution >= 0.6 is 0 Å². The molecule has 0 aliphatic heterocycles. The van der Waals surface area contributed by atoms with Crippen molar-refractivity contribution in [3.8, 4) is 0 Å². The van der Waals surface area contributed by atoms with E-state index < -0.39 is 10.4 Å². The summed E-state index contributed by atoms with van der Waals surface area (Å²) in [4.78, 5) is 0. The molecule has 0 heterocycles. The van der Waals surface area contributed by atoms with Crippen LogP contribution in [0.3, 0.4) is 0 Å². The highest BCUT2D eigenvalue weighted by Crippen LogP contribution is 1.85. The van der Waals surface area contributed by atoms with Crippen LogP contribution in [0.1, 0.15) is 0 Å². The van der Waals surface area contributed by atoms with Crippen molar-refractivity contribution >= 4 is 10.4 Å². The summed E-state index contributed by atoms with van der Waals surface area (Å²) >= 11 is 0. The molecule has 0 aromatic heterocycles. The predicted octanol–water partition coefficient (Wildman–Crippen LogP) is 0.190. The minimum absolute atomic E-state index is 0.0142. The van der Waals surface area contributed by atoms with E-state index in [1.54, 1.807) is 12.2 Å². The second-order valence-corrected chi connectivity index (χ2v) is 3.79. The zero-order valence-corrected chi connectivity index (χ0v) is 11.0. The fourth-order valence-electron chi connectivity index (χ4n) is 0.600. The molecular weight excluding hydrogens is 264 g/mol. The molecule has 0 amide bonds. The molecule has 0 aliphatic carbocycles. The minimum atomic E-state index is -4.35. The van der Waals surface area contributed by atoms with Gasteiger partial charge in [0.15, 0.2) is 0 Å². The fraction of sp³-hybridized carbons (Fsp3) is 0.600. The Morgan fingerprint density at radius 1 is 1.00 bits per heavy atom. The maximum atomic E-state index is 9.89. The van der Waals surface area contributed by atoms with Crippen molar-refractivity contribution in [2.75, 3.05) is 39.6 Å². The van der Waals surface area contributed by atoms with Gasteiger partial charge >= 0.3 is 10.4 Å². The third-order valence-corrected chi connectivity index (χ3v) is 1.63. The van der Waals surface area contributed by atoms with Crippen LogP contribution in [0.5, 0.6) is 0 Å². The summed E-state index contributed by atoms with van der Waals surface area (Å²) in [6.45, 7) is 7.93. The molecule has 0 saturated carbocycles. The lowest BCUT2D eigenvalue weighted by Gasteiger charge is -2.00. The minimum Gasteiger partial charge on any atom is -0.394 e. The third-order valence-electron chi connectivity index (χ3n) is 1.17. The Labute approximate surface area is 108 Å². The topological polar surface area (TPSA) is 102 Å². The van der Waals surface area contributed by atoms with Gasteiger partial charge in [-0.1, -0.05) is 12.2 Å². The molecule has 2 N–H and O–H groups in total. The van der Waals surface area contributed by atoms with Crippen LogP contribution in [0.25, 0.3) is 0 Å². The Kier molecular flexibility index (Phi) is 15.5. The SMILES string of the molecule is C=CCOCC=C.O=S(=O)(O)OCCOCCO. The van der Waals surface area contributed by atoms with Gasteiger partial charge in [-0.05, 0) is 0 Å². The van der Waals surface area contributed by atoms with Crippen molar-refractivity contribution < 1.29 is 31.7 Å². The van der Waals surface area contributed by atoms with Crippen LogP contribution in [0, 0.1) is 0 Å². The van der Waals surface area contributed by atoms with Crippen molar-refractivity contribution in [1.29, 1.82) is 0 Å². The van der Waals surface area contributed by atoms with Gasteiger partial charge in [-0.2, -0.15) is 8.42 Å². The number of ether oxygens (including phenoxy) is 2. The summed E-state index contributed by atoms with van der Waals surface area (Å²) in [5.74, 6) is 0. The number of hydrogen-bond acceptors (Lipinski definition) is 6. The van der Waals surface area contributed by atoms with Crippen molar-refractivity contribution in [2.24, 2.45) is 0 Å². The monoisotopic (exact) mass is 284 g/mol. The highest BCUT2D eigenvalue weighted by Gasteiger charge is 2.02. The lowest BCUT2D eigenvalue weighted by molar-refractivity contribution is 0.0691. The first kappa shape index (κ1) is 19.6. The molecule has 18 heavy (non-hydrogen) atoms. The van der Waals surface area contributed by atoms with Gasteiger partial charge in [0.1, 0.15) is 0 Å². The molecule has 0 aromatic carbocycles. The van der Waals surface area contributed by atoms with Gasteiger partial charge in [0.25, 0.3) is 0 Å². The number of hydrogen-bond donors (Lipinski definition) is 2. The first-order valence-electron chi connectivity index (χ1n) is 5.08. The van der Waals surface area contributed by atoms with Crippen LogP contribution in [-0.4, -0.2) is 57.7 Å². The van der Waals surface area contributed by atoms with Gasteiger partial charge in [0, 0.05) is 0 Å². The molecular formula is C10H20O7S. The quantitative estimate of drug-likeness (QED) is 0.335. The highest BCUT2D eigenvalue weighted by molar-refractivity contribution is 7.80. The highest BCUT2D eigenvalue weighted by atomic mass is 32.3. The summed E-state index contributed by atoms with van der Waals surface area (Å²) in [6.07, 6.45) is 3.42. The molecule has 0 atom stereocenters. The average molecular weight is 284 g/mol. The molecule has 108 valence electrons. The van der Waals surface area contributed by atoms with Crippen LogP contribution in [0.4, 0.5) is 0 Å². The van der Waals surface area contributed by atoms with Crippen molar-refractivity contribution in [3.05, 3.63) is 25.3 Å². The van der Waals surface area contributed by atoms with E-state index in [2.05, 4.69) is 22.1 Å². The van der Waals surface area contributed by atoms with E-state index in [9.17, 15) is 8.42 Å². The molecule has 0 bridgehead atoms. The van der Waals surface area contributed by atoms with Crippen LogP contribution in [-0.2, 0) is 24.1 Å². The van der Waals surface area contributed by atoms with E-state index in [0.717, 1.165) is 0 Å². The Morgan fingerprint density at radius 3 is 1.94 bits per heavy atom. The Hall–Kier alpha value is -0.770. The van der Waals surface area contributed by atoms with E-state index in [1.807, 2.05) is 0 Å². The molecule has 0 rings (SSSR count). The first-order valence-corrected chi connectivity index (χ1v) is 6.44. The number of aliphatic hydroxyl groups excluding tert-OH is 1. The largest absolute Gasteiger partial charge is 0.397 e. The van der Waals surface area contributed by atoms with Crippen LogP contribution in [0.2, 0.25) is 0 Å². The second-order valence-electron chi connectivity index (χ2n) is 2.70. The van der Waals surface area contributed by atoms with Gasteiger partial charge in [-0.3, -0.25) is 4.55 Å². The van der Waals surface area contributed by atoms with Crippen molar-refractivity contribution in [1.82, 2.24) is 0 Å². The average Bonchev–Trinajstić information content (AvgIpc) is 2.29. The molecule has 0 saturated heterocycles. The molecule has 0 unspecified atom stereocenters. The van der Waals surface area contributed by atoms with Crippen molar-refractivity contribution in [2.45, 2.75) is 0 Å². The standard InChI is InChI=1S/C6H10O.C4H10O6S/c1-3-5-7-6-4-2;5-1-2-9-3-4-10-11(6,7)8/h3-4H,1-2,5-6H2;5H,1-4H2,(H,6,7,8). The summed E-state index contributed by atoms with van der Waals surface area (Å²) in [5.41, 5.74) is 0. The lowest BCUT2D eigenvalue weighted by Crippen LogP contribution is -2.11. The molecule has 0 fully saturated rings. The van der Waals surface area contributed by atoms with Gasteiger partial charge < -0.3 is 14.6 Å². The number of aliphatic hydroxyl groups is 1. The van der Waals surface area contributed by atoms with Gasteiger partial charge in [-0.15, -0.1) is 13.2 Å². The lowest BCUT2D eigenvalue weighted by atomic mass is 10.6.